The maximum Gasteiger partial charge on any atom is 0.180 e. The van der Waals surface area contributed by atoms with Crippen LogP contribution < -0.4 is 5.73 Å². The topological polar surface area (TPSA) is 95.3 Å². The molecule has 2 aliphatic rings. The number of fused-ring (bicyclic) bond motifs is 1. The SMILES string of the molecule is Cc1cnc2c(N)nc(C3=CN([C@@H]4CN(C)C[C@H]4O)N=I3)cn12. The summed E-state index contributed by atoms with van der Waals surface area (Å²) >= 11 is -0.529. The van der Waals surface area contributed by atoms with Crippen LogP contribution in [-0.2, 0) is 0 Å². The van der Waals surface area contributed by atoms with Gasteiger partial charge in [0.25, 0.3) is 0 Å². The molecule has 2 aromatic heterocycles. The maximum atomic E-state index is 10.2. The Morgan fingerprint density at radius 1 is 1.39 bits per heavy atom. The standard InChI is InChI=1S/C14H18IN7O/c1-8-3-17-14-13(16)18-10(5-21(8)14)9-4-22(19-15-9)11-6-20(2)7-12(11)23/h3-5,11-12,23H,6-7H2,1-2H3,(H2,16,18)/t11-,12-/m1/s1. The third-order valence-corrected chi connectivity index (χ3v) is 6.26. The van der Waals surface area contributed by atoms with Crippen molar-refractivity contribution < 1.29 is 5.11 Å². The van der Waals surface area contributed by atoms with Gasteiger partial charge in [0.15, 0.2) is 11.5 Å². The highest BCUT2D eigenvalue weighted by atomic mass is 127. The highest BCUT2D eigenvalue weighted by Gasteiger charge is 2.34. The fraction of sp³-hybridized carbons (Fsp3) is 0.429. The highest BCUT2D eigenvalue weighted by Crippen LogP contribution is 2.36. The second-order valence-corrected chi connectivity index (χ2v) is 8.05. The van der Waals surface area contributed by atoms with Crippen molar-refractivity contribution >= 4 is 36.1 Å². The summed E-state index contributed by atoms with van der Waals surface area (Å²) in [7, 11) is 2.01. The van der Waals surface area contributed by atoms with E-state index in [9.17, 15) is 5.11 Å². The number of rotatable bonds is 2. The van der Waals surface area contributed by atoms with Gasteiger partial charge in [0.1, 0.15) is 0 Å². The number of imidazole rings is 1. The molecule has 0 spiro atoms. The predicted octanol–water partition coefficient (Wildman–Crippen LogP) is 0.978. The normalized spacial score (nSPS) is 25.2. The third kappa shape index (κ3) is 2.52. The van der Waals surface area contributed by atoms with Crippen LogP contribution in [0.2, 0.25) is 0 Å². The van der Waals surface area contributed by atoms with E-state index in [4.69, 9.17) is 5.73 Å². The van der Waals surface area contributed by atoms with E-state index in [1.807, 2.05) is 35.8 Å². The number of nitrogens with zero attached hydrogens (tertiary/aromatic N) is 6. The quantitative estimate of drug-likeness (QED) is 0.694. The van der Waals surface area contributed by atoms with Crippen molar-refractivity contribution in [2.24, 2.45) is 3.25 Å². The van der Waals surface area contributed by atoms with Gasteiger partial charge in [-0.3, -0.25) is 9.41 Å². The molecule has 2 atom stereocenters. The zero-order chi connectivity index (χ0) is 16.1. The molecule has 0 saturated carbocycles. The summed E-state index contributed by atoms with van der Waals surface area (Å²) in [5.74, 6) is 0.430. The Labute approximate surface area is 143 Å². The monoisotopic (exact) mass is 427 g/mol. The zero-order valence-electron chi connectivity index (χ0n) is 12.9. The van der Waals surface area contributed by atoms with Gasteiger partial charge in [0, 0.05) is 37.4 Å². The van der Waals surface area contributed by atoms with Gasteiger partial charge in [0.2, 0.25) is 0 Å². The average Bonchev–Trinajstić information content (AvgIpc) is 3.19. The molecule has 2 aromatic rings. The summed E-state index contributed by atoms with van der Waals surface area (Å²) in [6.07, 6.45) is 5.40. The number of aryl methyl sites for hydroxylation is 1. The number of nitrogen functional groups attached to an aromatic ring is 1. The van der Waals surface area contributed by atoms with Crippen LogP contribution in [-0.4, -0.2) is 61.7 Å². The summed E-state index contributed by atoms with van der Waals surface area (Å²) in [5, 5.41) is 12.1. The number of nitrogens with two attached hydrogens (primary N) is 1. The Morgan fingerprint density at radius 2 is 2.22 bits per heavy atom. The van der Waals surface area contributed by atoms with Crippen LogP contribution in [0.15, 0.2) is 21.8 Å². The van der Waals surface area contributed by atoms with Crippen LogP contribution >= 0.6 is 21.0 Å². The molecule has 9 heteroatoms. The Kier molecular flexibility index (Phi) is 3.58. The Bertz CT molecular complexity index is 830. The van der Waals surface area contributed by atoms with Gasteiger partial charge in [-0.2, -0.15) is 0 Å². The molecule has 122 valence electrons. The molecule has 4 rings (SSSR count). The summed E-state index contributed by atoms with van der Waals surface area (Å²) in [6.45, 7) is 3.49. The van der Waals surface area contributed by atoms with E-state index in [2.05, 4.69) is 18.1 Å². The average molecular weight is 427 g/mol. The van der Waals surface area contributed by atoms with Gasteiger partial charge >= 0.3 is 0 Å². The zero-order valence-corrected chi connectivity index (χ0v) is 15.0. The van der Waals surface area contributed by atoms with E-state index in [1.165, 1.54) is 0 Å². The van der Waals surface area contributed by atoms with Crippen molar-refractivity contribution in [3.05, 3.63) is 30.0 Å². The molecule has 0 bridgehead atoms. The van der Waals surface area contributed by atoms with Crippen molar-refractivity contribution in [1.82, 2.24) is 24.3 Å². The number of likely N-dealkylation sites (N-methyl/N-ethyl adjacent to an activating group) is 1. The minimum atomic E-state index is -0.529. The van der Waals surface area contributed by atoms with Crippen molar-refractivity contribution in [2.45, 2.75) is 19.1 Å². The minimum Gasteiger partial charge on any atom is -0.390 e. The molecule has 1 fully saturated rings. The lowest BCUT2D eigenvalue weighted by Gasteiger charge is -2.21. The summed E-state index contributed by atoms with van der Waals surface area (Å²) in [5.41, 5.74) is 8.59. The molecule has 23 heavy (non-hydrogen) atoms. The predicted molar refractivity (Wildman–Crippen MR) is 95.7 cm³/mol. The van der Waals surface area contributed by atoms with Crippen LogP contribution in [0, 0.1) is 6.92 Å². The number of aliphatic hydroxyl groups excluding tert-OH is 1. The first-order valence-corrected chi connectivity index (χ1v) is 9.39. The van der Waals surface area contributed by atoms with Crippen LogP contribution in [0.1, 0.15) is 11.4 Å². The van der Waals surface area contributed by atoms with Gasteiger partial charge in [-0.15, -0.1) is 3.25 Å². The Hall–Kier alpha value is -1.59. The largest absolute Gasteiger partial charge is 0.390 e. The Balaban J connectivity index is 1.68. The van der Waals surface area contributed by atoms with E-state index in [-0.39, 0.29) is 12.1 Å². The van der Waals surface area contributed by atoms with Gasteiger partial charge in [-0.1, -0.05) is 0 Å². The van der Waals surface area contributed by atoms with Gasteiger partial charge in [-0.25, -0.2) is 9.97 Å². The summed E-state index contributed by atoms with van der Waals surface area (Å²) in [4.78, 5) is 10.9. The summed E-state index contributed by atoms with van der Waals surface area (Å²) < 4.78 is 7.70. The Morgan fingerprint density at radius 3 is 2.96 bits per heavy atom. The smallest absolute Gasteiger partial charge is 0.180 e. The number of halogens is 1. The molecule has 0 aromatic carbocycles. The minimum absolute atomic E-state index is 0.0215. The van der Waals surface area contributed by atoms with Crippen LogP contribution in [0.25, 0.3) is 9.23 Å². The van der Waals surface area contributed by atoms with Crippen LogP contribution in [0.5, 0.6) is 0 Å². The molecule has 8 nitrogen and oxygen atoms in total. The first-order chi connectivity index (χ1) is 11.0. The van der Waals surface area contributed by atoms with Crippen molar-refractivity contribution in [1.29, 1.82) is 0 Å². The molecule has 0 radical (unpaired) electrons. The van der Waals surface area contributed by atoms with E-state index < -0.39 is 21.0 Å². The van der Waals surface area contributed by atoms with E-state index in [1.54, 1.807) is 6.20 Å². The van der Waals surface area contributed by atoms with E-state index in [0.717, 1.165) is 21.5 Å². The molecular weight excluding hydrogens is 409 g/mol. The molecule has 3 N–H and O–H groups in total. The second-order valence-electron chi connectivity index (χ2n) is 5.98. The lowest BCUT2D eigenvalue weighted by atomic mass is 10.2. The fourth-order valence-electron chi connectivity index (χ4n) is 2.97. The van der Waals surface area contributed by atoms with E-state index >= 15 is 0 Å². The molecule has 4 heterocycles. The number of β-amino-alcohol motifs (C(OH)–C–C–N with tert-alkyl or cyclic N) is 1. The number of aromatic nitrogens is 3. The molecular formula is C14H18IN7O. The number of likely N-dealkylation sites (tertiary alicyclic amines) is 1. The van der Waals surface area contributed by atoms with Gasteiger partial charge in [0.05, 0.1) is 42.5 Å². The molecule has 0 amide bonds. The fourth-order valence-corrected chi connectivity index (χ4v) is 4.81. The number of hydrogen-bond acceptors (Lipinski definition) is 7. The van der Waals surface area contributed by atoms with Gasteiger partial charge in [-0.05, 0) is 14.0 Å². The van der Waals surface area contributed by atoms with Crippen molar-refractivity contribution in [2.75, 3.05) is 25.9 Å². The number of aliphatic hydroxyl groups is 1. The lowest BCUT2D eigenvalue weighted by molar-refractivity contribution is 0.115. The van der Waals surface area contributed by atoms with E-state index in [0.29, 0.717) is 18.0 Å². The number of anilines is 1. The van der Waals surface area contributed by atoms with Crippen LogP contribution in [0.4, 0.5) is 5.82 Å². The van der Waals surface area contributed by atoms with Crippen LogP contribution in [0.3, 0.4) is 0 Å². The highest BCUT2D eigenvalue weighted by molar-refractivity contribution is 14.2. The molecule has 0 aliphatic carbocycles. The maximum absolute atomic E-state index is 10.2. The number of hydrogen-bond donors (Lipinski definition) is 2. The molecule has 2 aliphatic heterocycles. The second kappa shape index (κ2) is 5.49. The van der Waals surface area contributed by atoms with Gasteiger partial charge < -0.3 is 15.7 Å². The van der Waals surface area contributed by atoms with Crippen molar-refractivity contribution in [3.63, 3.8) is 0 Å². The first-order valence-electron chi connectivity index (χ1n) is 7.35. The molecule has 1 saturated heterocycles. The summed E-state index contributed by atoms with van der Waals surface area (Å²) in [6, 6.07) is 0.0215. The lowest BCUT2D eigenvalue weighted by Crippen LogP contribution is -2.35. The molecule has 0 unspecified atom stereocenters. The first kappa shape index (κ1) is 15.0. The third-order valence-electron chi connectivity index (χ3n) is 4.19. The van der Waals surface area contributed by atoms with Crippen molar-refractivity contribution in [3.8, 4) is 0 Å².